The summed E-state index contributed by atoms with van der Waals surface area (Å²) in [6.45, 7) is 4.25. The van der Waals surface area contributed by atoms with Crippen LogP contribution in [0.5, 0.6) is 0 Å². The molecule has 0 aromatic carbocycles. The van der Waals surface area contributed by atoms with Crippen LogP contribution >= 0.6 is 15.9 Å². The van der Waals surface area contributed by atoms with Gasteiger partial charge in [0.1, 0.15) is 4.60 Å². The summed E-state index contributed by atoms with van der Waals surface area (Å²) in [6, 6.07) is 0. The van der Waals surface area contributed by atoms with Crippen molar-refractivity contribution in [3.63, 3.8) is 0 Å². The fourth-order valence-electron chi connectivity index (χ4n) is 2.83. The van der Waals surface area contributed by atoms with Gasteiger partial charge in [-0.1, -0.05) is 5.57 Å². The van der Waals surface area contributed by atoms with E-state index in [-0.39, 0.29) is 0 Å². The molecule has 2 nitrogen and oxygen atoms in total. The van der Waals surface area contributed by atoms with E-state index in [1.165, 1.54) is 31.3 Å². The summed E-state index contributed by atoms with van der Waals surface area (Å²) >= 11 is 3.35. The van der Waals surface area contributed by atoms with Crippen LogP contribution in [0.15, 0.2) is 16.4 Å². The molecule has 0 N–H and O–H groups in total. The molecule has 2 aliphatic rings. The Bertz CT molecular complexity index is 481. The molecule has 1 spiro atoms. The number of hydrogen-bond acceptors (Lipinski definition) is 2. The van der Waals surface area contributed by atoms with Crippen molar-refractivity contribution < 1.29 is 0 Å². The number of halogens is 1. The summed E-state index contributed by atoms with van der Waals surface area (Å²) in [4.78, 5) is 8.81. The van der Waals surface area contributed by atoms with Gasteiger partial charge in [0.15, 0.2) is 0 Å². The molecule has 3 heteroatoms. The lowest BCUT2D eigenvalue weighted by Crippen LogP contribution is -2.25. The van der Waals surface area contributed by atoms with Gasteiger partial charge in [-0.25, -0.2) is 4.98 Å². The Morgan fingerprint density at radius 2 is 2.18 bits per heavy atom. The summed E-state index contributed by atoms with van der Waals surface area (Å²) in [5.74, 6) is 0.794. The first kappa shape index (κ1) is 11.4. The minimum Gasteiger partial charge on any atom is -0.252 e. The minimum absolute atomic E-state index is 0.778. The Morgan fingerprint density at radius 1 is 1.47 bits per heavy atom. The lowest BCUT2D eigenvalue weighted by atomic mass is 9.68. The number of nitrogens with zero attached hydrogens (tertiary/aromatic N) is 2. The first-order chi connectivity index (χ1) is 8.08. The van der Waals surface area contributed by atoms with Crippen molar-refractivity contribution in [1.82, 2.24) is 9.97 Å². The monoisotopic (exact) mass is 292 g/mol. The van der Waals surface area contributed by atoms with E-state index < -0.39 is 0 Å². The van der Waals surface area contributed by atoms with Gasteiger partial charge in [-0.3, -0.25) is 4.98 Å². The summed E-state index contributed by atoms with van der Waals surface area (Å²) in [6.07, 6.45) is 9.72. The van der Waals surface area contributed by atoms with Gasteiger partial charge in [0, 0.05) is 0 Å². The molecule has 1 aromatic heterocycles. The molecular formula is C14H17BrN2. The van der Waals surface area contributed by atoms with Crippen LogP contribution in [0.3, 0.4) is 0 Å². The zero-order valence-corrected chi connectivity index (χ0v) is 11.9. The fraction of sp³-hybridized carbons (Fsp3) is 0.571. The molecule has 2 aliphatic carbocycles. The topological polar surface area (TPSA) is 25.8 Å². The molecule has 3 rings (SSSR count). The van der Waals surface area contributed by atoms with E-state index in [2.05, 4.69) is 38.9 Å². The molecule has 2 saturated carbocycles. The largest absolute Gasteiger partial charge is 0.252 e. The zero-order chi connectivity index (χ0) is 12.0. The van der Waals surface area contributed by atoms with Crippen LogP contribution in [0.1, 0.15) is 44.0 Å². The minimum atomic E-state index is 0.778. The maximum Gasteiger partial charge on any atom is 0.124 e. The third-order valence-corrected chi connectivity index (χ3v) is 4.66. The molecule has 90 valence electrons. The molecule has 2 fully saturated rings. The highest BCUT2D eigenvalue weighted by molar-refractivity contribution is 9.10. The number of hydrogen-bond donors (Lipinski definition) is 0. The van der Waals surface area contributed by atoms with Gasteiger partial charge in [-0.2, -0.15) is 0 Å². The van der Waals surface area contributed by atoms with E-state index in [9.17, 15) is 0 Å². The van der Waals surface area contributed by atoms with E-state index in [0.29, 0.717) is 0 Å². The van der Waals surface area contributed by atoms with E-state index in [0.717, 1.165) is 27.3 Å². The standard InChI is InChI=1S/C14H17BrN2/c1-9(11-6-14(7-11)3-4-14)5-12-10(2)17-13(15)8-16-12/h5,8,11H,3-4,6-7H2,1-2H3/b9-5+. The summed E-state index contributed by atoms with van der Waals surface area (Å²) in [7, 11) is 0. The highest BCUT2D eigenvalue weighted by Crippen LogP contribution is 2.64. The van der Waals surface area contributed by atoms with Crippen LogP contribution in [0.25, 0.3) is 6.08 Å². The molecule has 0 radical (unpaired) electrons. The maximum absolute atomic E-state index is 4.42. The molecule has 0 saturated heterocycles. The van der Waals surface area contributed by atoms with Crippen LogP contribution in [-0.4, -0.2) is 9.97 Å². The second kappa shape index (κ2) is 3.91. The van der Waals surface area contributed by atoms with Crippen molar-refractivity contribution in [3.05, 3.63) is 27.8 Å². The van der Waals surface area contributed by atoms with Crippen molar-refractivity contribution in [2.45, 2.75) is 39.5 Å². The van der Waals surface area contributed by atoms with E-state index in [1.54, 1.807) is 6.20 Å². The molecule has 0 unspecified atom stereocenters. The van der Waals surface area contributed by atoms with Crippen LogP contribution in [-0.2, 0) is 0 Å². The van der Waals surface area contributed by atoms with Gasteiger partial charge in [0.25, 0.3) is 0 Å². The molecule has 17 heavy (non-hydrogen) atoms. The first-order valence-corrected chi connectivity index (χ1v) is 7.05. The Hall–Kier alpha value is -0.700. The SMILES string of the molecule is C/C(=C\c1ncc(Br)nc1C)C1CC2(CC2)C1. The van der Waals surface area contributed by atoms with Crippen molar-refractivity contribution in [3.8, 4) is 0 Å². The number of allylic oxidation sites excluding steroid dienone is 1. The average Bonchev–Trinajstić information content (AvgIpc) is 2.99. The lowest BCUT2D eigenvalue weighted by molar-refractivity contribution is 0.203. The maximum atomic E-state index is 4.42. The molecule has 1 aromatic rings. The summed E-state index contributed by atoms with van der Waals surface area (Å²) in [5, 5.41) is 0. The van der Waals surface area contributed by atoms with Gasteiger partial charge in [0.05, 0.1) is 17.6 Å². The molecule has 0 bridgehead atoms. The normalized spacial score (nSPS) is 22.6. The van der Waals surface area contributed by atoms with Crippen LogP contribution in [0, 0.1) is 18.3 Å². The average molecular weight is 293 g/mol. The summed E-state index contributed by atoms with van der Waals surface area (Å²) in [5.41, 5.74) is 4.27. The predicted octanol–water partition coefficient (Wildman–Crippen LogP) is 4.14. The Balaban J connectivity index is 1.75. The smallest absolute Gasteiger partial charge is 0.124 e. The third kappa shape index (κ3) is 2.17. The summed E-state index contributed by atoms with van der Waals surface area (Å²) < 4.78 is 0.811. The van der Waals surface area contributed by atoms with Gasteiger partial charge in [0.2, 0.25) is 0 Å². The third-order valence-electron chi connectivity index (χ3n) is 4.28. The molecule has 0 aliphatic heterocycles. The second-order valence-electron chi connectivity index (χ2n) is 5.66. The number of rotatable bonds is 2. The molecular weight excluding hydrogens is 276 g/mol. The van der Waals surface area contributed by atoms with Crippen LogP contribution in [0.4, 0.5) is 0 Å². The van der Waals surface area contributed by atoms with E-state index in [1.807, 2.05) is 6.92 Å². The van der Waals surface area contributed by atoms with Crippen molar-refractivity contribution in [2.75, 3.05) is 0 Å². The Kier molecular flexibility index (Phi) is 2.62. The van der Waals surface area contributed by atoms with Crippen LogP contribution < -0.4 is 0 Å². The quantitative estimate of drug-likeness (QED) is 0.819. The van der Waals surface area contributed by atoms with Crippen LogP contribution in [0.2, 0.25) is 0 Å². The fourth-order valence-corrected chi connectivity index (χ4v) is 3.20. The Morgan fingerprint density at radius 3 is 2.76 bits per heavy atom. The van der Waals surface area contributed by atoms with Gasteiger partial charge in [-0.15, -0.1) is 0 Å². The van der Waals surface area contributed by atoms with Crippen molar-refractivity contribution in [2.24, 2.45) is 11.3 Å². The van der Waals surface area contributed by atoms with E-state index in [4.69, 9.17) is 0 Å². The lowest BCUT2D eigenvalue weighted by Gasteiger charge is -2.36. The number of aryl methyl sites for hydroxylation is 1. The van der Waals surface area contributed by atoms with Gasteiger partial charge >= 0.3 is 0 Å². The Labute approximate surface area is 111 Å². The predicted molar refractivity (Wildman–Crippen MR) is 72.5 cm³/mol. The second-order valence-corrected chi connectivity index (χ2v) is 6.47. The van der Waals surface area contributed by atoms with Gasteiger partial charge < -0.3 is 0 Å². The zero-order valence-electron chi connectivity index (χ0n) is 10.3. The van der Waals surface area contributed by atoms with Gasteiger partial charge in [-0.05, 0) is 72.9 Å². The molecule has 0 atom stereocenters. The van der Waals surface area contributed by atoms with E-state index >= 15 is 0 Å². The first-order valence-electron chi connectivity index (χ1n) is 6.25. The highest BCUT2D eigenvalue weighted by Gasteiger charge is 2.52. The molecule has 0 amide bonds. The molecule has 1 heterocycles. The highest BCUT2D eigenvalue weighted by atomic mass is 79.9. The van der Waals surface area contributed by atoms with Crippen molar-refractivity contribution in [1.29, 1.82) is 0 Å². The number of aromatic nitrogens is 2. The van der Waals surface area contributed by atoms with Crippen molar-refractivity contribution >= 4 is 22.0 Å².